The molecule has 2 aromatic carbocycles. The van der Waals surface area contributed by atoms with Crippen molar-refractivity contribution in [1.82, 2.24) is 10.2 Å². The van der Waals surface area contributed by atoms with Crippen LogP contribution < -0.4 is 10.2 Å². The molecule has 0 spiro atoms. The largest absolute Gasteiger partial charge is 0.355 e. The average Bonchev–Trinajstić information content (AvgIpc) is 3.09. The van der Waals surface area contributed by atoms with Crippen molar-refractivity contribution in [1.29, 1.82) is 0 Å². The summed E-state index contributed by atoms with van der Waals surface area (Å²) in [6, 6.07) is 13.0. The third-order valence-electron chi connectivity index (χ3n) is 4.86. The van der Waals surface area contributed by atoms with Crippen LogP contribution in [0.15, 0.2) is 48.5 Å². The summed E-state index contributed by atoms with van der Waals surface area (Å²) in [5, 5.41) is 2.56. The van der Waals surface area contributed by atoms with Gasteiger partial charge in [0.25, 0.3) is 5.91 Å². The Labute approximate surface area is 162 Å². The molecule has 1 aliphatic rings. The molecule has 3 rings (SSSR count). The molecule has 0 aromatic heterocycles. The third kappa shape index (κ3) is 4.03. The number of anilines is 1. The summed E-state index contributed by atoms with van der Waals surface area (Å²) in [6.07, 6.45) is 0.0626. The van der Waals surface area contributed by atoms with E-state index in [1.807, 2.05) is 0 Å². The van der Waals surface area contributed by atoms with Crippen LogP contribution in [-0.2, 0) is 16.1 Å². The van der Waals surface area contributed by atoms with Crippen molar-refractivity contribution in [2.75, 3.05) is 25.5 Å². The summed E-state index contributed by atoms with van der Waals surface area (Å²) in [5.74, 6) is -1.58. The van der Waals surface area contributed by atoms with Crippen LogP contribution in [0.3, 0.4) is 0 Å². The number of carbonyl (C=O) groups excluding carboxylic acids is 3. The topological polar surface area (TPSA) is 69.7 Å². The Kier molecular flexibility index (Phi) is 5.73. The molecule has 0 saturated carbocycles. The number of halogens is 1. The Balaban J connectivity index is 1.64. The van der Waals surface area contributed by atoms with Gasteiger partial charge >= 0.3 is 0 Å². The van der Waals surface area contributed by atoms with Crippen LogP contribution in [0.1, 0.15) is 22.3 Å². The quantitative estimate of drug-likeness (QED) is 0.861. The molecular weight excluding hydrogens is 361 g/mol. The normalized spacial score (nSPS) is 16.2. The van der Waals surface area contributed by atoms with Crippen molar-refractivity contribution >= 4 is 23.4 Å². The summed E-state index contributed by atoms with van der Waals surface area (Å²) < 4.78 is 14.0. The molecule has 0 aliphatic carbocycles. The summed E-state index contributed by atoms with van der Waals surface area (Å²) in [6.45, 7) is 0.524. The van der Waals surface area contributed by atoms with E-state index in [0.29, 0.717) is 12.1 Å². The van der Waals surface area contributed by atoms with E-state index in [0.717, 1.165) is 5.56 Å². The van der Waals surface area contributed by atoms with Gasteiger partial charge in [0, 0.05) is 39.2 Å². The molecule has 1 heterocycles. The first-order valence-corrected chi connectivity index (χ1v) is 9.01. The number of hydrogen-bond donors (Lipinski definition) is 1. The number of benzene rings is 2. The first kappa shape index (κ1) is 19.5. The van der Waals surface area contributed by atoms with Crippen LogP contribution in [0.4, 0.5) is 10.1 Å². The van der Waals surface area contributed by atoms with Crippen LogP contribution in [-0.4, -0.2) is 43.3 Å². The van der Waals surface area contributed by atoms with Gasteiger partial charge in [0.15, 0.2) is 0 Å². The molecular formula is C21H22FN3O3. The Morgan fingerprint density at radius 2 is 1.86 bits per heavy atom. The van der Waals surface area contributed by atoms with Gasteiger partial charge in [-0.2, -0.15) is 0 Å². The molecule has 7 heteroatoms. The molecule has 2 aromatic rings. The molecule has 0 bridgehead atoms. The van der Waals surface area contributed by atoms with Gasteiger partial charge in [0.2, 0.25) is 11.8 Å². The molecule has 1 fully saturated rings. The highest BCUT2D eigenvalue weighted by Gasteiger charge is 2.37. The number of nitrogens with one attached hydrogen (secondary N) is 1. The Morgan fingerprint density at radius 3 is 2.50 bits per heavy atom. The number of rotatable bonds is 5. The lowest BCUT2D eigenvalue weighted by Gasteiger charge is -2.22. The zero-order valence-corrected chi connectivity index (χ0v) is 15.8. The van der Waals surface area contributed by atoms with Crippen LogP contribution in [0.5, 0.6) is 0 Å². The van der Waals surface area contributed by atoms with E-state index in [1.165, 1.54) is 17.0 Å². The predicted molar refractivity (Wildman–Crippen MR) is 103 cm³/mol. The Bertz CT molecular complexity index is 898. The van der Waals surface area contributed by atoms with Crippen LogP contribution >= 0.6 is 0 Å². The lowest BCUT2D eigenvalue weighted by atomic mass is 10.1. The van der Waals surface area contributed by atoms with Crippen molar-refractivity contribution in [3.05, 3.63) is 65.5 Å². The summed E-state index contributed by atoms with van der Waals surface area (Å²) in [7, 11) is 3.24. The maximum absolute atomic E-state index is 14.0. The highest BCUT2D eigenvalue weighted by atomic mass is 19.1. The maximum atomic E-state index is 14.0. The molecule has 3 amide bonds. The van der Waals surface area contributed by atoms with E-state index in [4.69, 9.17) is 0 Å². The molecule has 1 aliphatic heterocycles. The molecule has 1 saturated heterocycles. The smallest absolute Gasteiger partial charge is 0.251 e. The minimum absolute atomic E-state index is 0.0626. The number of amides is 3. The van der Waals surface area contributed by atoms with E-state index in [9.17, 15) is 18.8 Å². The monoisotopic (exact) mass is 383 g/mol. The molecule has 1 atom stereocenters. The zero-order valence-electron chi connectivity index (χ0n) is 15.8. The molecule has 146 valence electrons. The lowest BCUT2D eigenvalue weighted by molar-refractivity contribution is -0.135. The van der Waals surface area contributed by atoms with Gasteiger partial charge in [0.05, 0.1) is 11.6 Å². The predicted octanol–water partition coefficient (Wildman–Crippen LogP) is 2.20. The minimum Gasteiger partial charge on any atom is -0.355 e. The standard InChI is InChI=1S/C21H22FN3O3/c1-23-20(27)15-9-7-14(8-10-15)12-24(2)21(28)16-11-19(26)25(13-16)18-6-4-3-5-17(18)22/h3-10,16H,11-13H2,1-2H3,(H,23,27)/t16-/m0/s1. The minimum atomic E-state index is -0.512. The number of nitrogens with zero attached hydrogens (tertiary/aromatic N) is 2. The summed E-state index contributed by atoms with van der Waals surface area (Å²) in [5.41, 5.74) is 1.62. The Morgan fingerprint density at radius 1 is 1.18 bits per heavy atom. The van der Waals surface area contributed by atoms with Crippen molar-refractivity contribution in [3.63, 3.8) is 0 Å². The molecule has 6 nitrogen and oxygen atoms in total. The van der Waals surface area contributed by atoms with Gasteiger partial charge in [-0.05, 0) is 29.8 Å². The zero-order chi connectivity index (χ0) is 20.3. The fourth-order valence-electron chi connectivity index (χ4n) is 3.35. The van der Waals surface area contributed by atoms with Crippen LogP contribution in [0, 0.1) is 11.7 Å². The SMILES string of the molecule is CNC(=O)c1ccc(CN(C)C(=O)[C@H]2CC(=O)N(c3ccccc3F)C2)cc1. The number of hydrogen-bond acceptors (Lipinski definition) is 3. The van der Waals surface area contributed by atoms with Gasteiger partial charge in [-0.1, -0.05) is 24.3 Å². The average molecular weight is 383 g/mol. The summed E-state index contributed by atoms with van der Waals surface area (Å²) in [4.78, 5) is 39.6. The van der Waals surface area contributed by atoms with E-state index in [2.05, 4.69) is 5.32 Å². The second kappa shape index (κ2) is 8.21. The van der Waals surface area contributed by atoms with Crippen molar-refractivity contribution < 1.29 is 18.8 Å². The van der Waals surface area contributed by atoms with Crippen molar-refractivity contribution in [2.45, 2.75) is 13.0 Å². The number of para-hydroxylation sites is 1. The fraction of sp³-hybridized carbons (Fsp3) is 0.286. The second-order valence-corrected chi connectivity index (χ2v) is 6.83. The molecule has 28 heavy (non-hydrogen) atoms. The molecule has 1 N–H and O–H groups in total. The van der Waals surface area contributed by atoms with Crippen molar-refractivity contribution in [2.24, 2.45) is 5.92 Å². The molecule has 0 radical (unpaired) electrons. The van der Waals surface area contributed by atoms with E-state index < -0.39 is 11.7 Å². The van der Waals surface area contributed by atoms with E-state index in [-0.39, 0.29) is 36.4 Å². The first-order chi connectivity index (χ1) is 13.4. The first-order valence-electron chi connectivity index (χ1n) is 9.01. The third-order valence-corrected chi connectivity index (χ3v) is 4.86. The maximum Gasteiger partial charge on any atom is 0.251 e. The highest BCUT2D eigenvalue weighted by Crippen LogP contribution is 2.28. The van der Waals surface area contributed by atoms with E-state index in [1.54, 1.807) is 55.4 Å². The summed E-state index contributed by atoms with van der Waals surface area (Å²) >= 11 is 0. The van der Waals surface area contributed by atoms with E-state index >= 15 is 0 Å². The van der Waals surface area contributed by atoms with Crippen LogP contribution in [0.2, 0.25) is 0 Å². The highest BCUT2D eigenvalue weighted by molar-refractivity contribution is 6.00. The van der Waals surface area contributed by atoms with Crippen molar-refractivity contribution in [3.8, 4) is 0 Å². The Hall–Kier alpha value is -3.22. The fourth-order valence-corrected chi connectivity index (χ4v) is 3.35. The van der Waals surface area contributed by atoms with Gasteiger partial charge < -0.3 is 15.1 Å². The van der Waals surface area contributed by atoms with Gasteiger partial charge in [-0.25, -0.2) is 4.39 Å². The van der Waals surface area contributed by atoms with Gasteiger partial charge in [-0.15, -0.1) is 0 Å². The van der Waals surface area contributed by atoms with Gasteiger partial charge in [-0.3, -0.25) is 14.4 Å². The number of carbonyl (C=O) groups is 3. The van der Waals surface area contributed by atoms with Gasteiger partial charge in [0.1, 0.15) is 5.82 Å². The lowest BCUT2D eigenvalue weighted by Crippen LogP contribution is -2.34. The molecule has 0 unspecified atom stereocenters. The second-order valence-electron chi connectivity index (χ2n) is 6.83. The van der Waals surface area contributed by atoms with Crippen LogP contribution in [0.25, 0.3) is 0 Å².